The van der Waals surface area contributed by atoms with Gasteiger partial charge in [0, 0.05) is 19.0 Å². The van der Waals surface area contributed by atoms with Crippen LogP contribution in [-0.2, 0) is 4.79 Å². The third-order valence-electron chi connectivity index (χ3n) is 3.14. The molecule has 0 saturated carbocycles. The first-order valence-corrected chi connectivity index (χ1v) is 5.29. The summed E-state index contributed by atoms with van der Waals surface area (Å²) in [6, 6.07) is 4.82. The molecular formula is C12H14FNO2. The summed E-state index contributed by atoms with van der Waals surface area (Å²) in [7, 11) is 0. The molecule has 2 N–H and O–H groups in total. The summed E-state index contributed by atoms with van der Waals surface area (Å²) >= 11 is 0. The Morgan fingerprint density at radius 3 is 2.88 bits per heavy atom. The van der Waals surface area contributed by atoms with Gasteiger partial charge in [-0.25, -0.2) is 4.39 Å². The number of nitrogens with one attached hydrogen (secondary N) is 1. The van der Waals surface area contributed by atoms with E-state index in [4.69, 9.17) is 5.11 Å². The number of halogens is 1. The van der Waals surface area contributed by atoms with Gasteiger partial charge in [-0.2, -0.15) is 0 Å². The fraction of sp³-hybridized carbons (Fsp3) is 0.417. The number of carboxylic acid groups (broad SMARTS) is 1. The Morgan fingerprint density at radius 2 is 2.25 bits per heavy atom. The third-order valence-corrected chi connectivity index (χ3v) is 3.14. The molecule has 1 aromatic rings. The molecule has 0 spiro atoms. The SMILES string of the molecule is Cc1cc(C2CNCC2C(=O)O)ccc1F. The summed E-state index contributed by atoms with van der Waals surface area (Å²) in [5, 5.41) is 12.1. The van der Waals surface area contributed by atoms with Crippen molar-refractivity contribution in [2.45, 2.75) is 12.8 Å². The first-order chi connectivity index (χ1) is 7.59. The summed E-state index contributed by atoms with van der Waals surface area (Å²) < 4.78 is 13.1. The van der Waals surface area contributed by atoms with Crippen LogP contribution in [0, 0.1) is 18.7 Å². The Labute approximate surface area is 93.3 Å². The summed E-state index contributed by atoms with van der Waals surface area (Å²) in [6.07, 6.45) is 0. The topological polar surface area (TPSA) is 49.3 Å². The molecule has 3 nitrogen and oxygen atoms in total. The molecule has 1 aliphatic rings. The second-order valence-corrected chi connectivity index (χ2v) is 4.22. The van der Waals surface area contributed by atoms with E-state index < -0.39 is 11.9 Å². The molecule has 1 heterocycles. The standard InChI is InChI=1S/C12H14FNO2/c1-7-4-8(2-3-11(7)13)9-5-14-6-10(9)12(15)16/h2-4,9-10,14H,5-6H2,1H3,(H,15,16). The maximum atomic E-state index is 13.1. The number of hydrogen-bond acceptors (Lipinski definition) is 2. The molecule has 86 valence electrons. The molecule has 16 heavy (non-hydrogen) atoms. The van der Waals surface area contributed by atoms with Gasteiger partial charge in [-0.3, -0.25) is 4.79 Å². The van der Waals surface area contributed by atoms with Crippen molar-refractivity contribution in [2.75, 3.05) is 13.1 Å². The van der Waals surface area contributed by atoms with Crippen molar-refractivity contribution in [2.24, 2.45) is 5.92 Å². The molecule has 4 heteroatoms. The molecule has 2 rings (SSSR count). The maximum Gasteiger partial charge on any atom is 0.308 e. The van der Waals surface area contributed by atoms with Crippen LogP contribution in [0.5, 0.6) is 0 Å². The molecule has 2 atom stereocenters. The predicted molar refractivity (Wildman–Crippen MR) is 57.9 cm³/mol. The average molecular weight is 223 g/mol. The van der Waals surface area contributed by atoms with Crippen LogP contribution in [0.3, 0.4) is 0 Å². The molecule has 0 aliphatic carbocycles. The summed E-state index contributed by atoms with van der Waals surface area (Å²) in [5.74, 6) is -1.51. The second-order valence-electron chi connectivity index (χ2n) is 4.22. The number of aliphatic carboxylic acids is 1. The number of benzene rings is 1. The lowest BCUT2D eigenvalue weighted by molar-refractivity contribution is -0.141. The van der Waals surface area contributed by atoms with Gasteiger partial charge in [-0.15, -0.1) is 0 Å². The zero-order valence-electron chi connectivity index (χ0n) is 9.03. The lowest BCUT2D eigenvalue weighted by Crippen LogP contribution is -2.21. The van der Waals surface area contributed by atoms with Crippen molar-refractivity contribution in [1.82, 2.24) is 5.32 Å². The Morgan fingerprint density at radius 1 is 1.50 bits per heavy atom. The highest BCUT2D eigenvalue weighted by Gasteiger charge is 2.33. The Bertz CT molecular complexity index is 419. The molecule has 0 aromatic heterocycles. The van der Waals surface area contributed by atoms with Crippen molar-refractivity contribution < 1.29 is 14.3 Å². The largest absolute Gasteiger partial charge is 0.481 e. The van der Waals surface area contributed by atoms with Crippen LogP contribution >= 0.6 is 0 Å². The van der Waals surface area contributed by atoms with Crippen LogP contribution in [0.4, 0.5) is 4.39 Å². The van der Waals surface area contributed by atoms with Crippen molar-refractivity contribution in [3.05, 3.63) is 35.1 Å². The van der Waals surface area contributed by atoms with E-state index in [1.165, 1.54) is 6.07 Å². The lowest BCUT2D eigenvalue weighted by atomic mass is 9.88. The van der Waals surface area contributed by atoms with Gasteiger partial charge < -0.3 is 10.4 Å². The third kappa shape index (κ3) is 1.93. The van der Waals surface area contributed by atoms with E-state index in [1.807, 2.05) is 0 Å². The molecule has 1 fully saturated rings. The van der Waals surface area contributed by atoms with Gasteiger partial charge >= 0.3 is 5.97 Å². The van der Waals surface area contributed by atoms with Crippen molar-refractivity contribution >= 4 is 5.97 Å². The van der Waals surface area contributed by atoms with Crippen LogP contribution in [0.2, 0.25) is 0 Å². The van der Waals surface area contributed by atoms with Crippen LogP contribution in [0.1, 0.15) is 17.0 Å². The molecule has 0 radical (unpaired) electrons. The highest BCUT2D eigenvalue weighted by atomic mass is 19.1. The van der Waals surface area contributed by atoms with E-state index in [2.05, 4.69) is 5.32 Å². The van der Waals surface area contributed by atoms with Gasteiger partial charge in [0.2, 0.25) is 0 Å². The summed E-state index contributed by atoms with van der Waals surface area (Å²) in [6.45, 7) is 2.81. The monoisotopic (exact) mass is 223 g/mol. The number of carboxylic acids is 1. The lowest BCUT2D eigenvalue weighted by Gasteiger charge is -2.15. The van der Waals surface area contributed by atoms with Gasteiger partial charge in [0.05, 0.1) is 5.92 Å². The van der Waals surface area contributed by atoms with E-state index in [-0.39, 0.29) is 11.7 Å². The summed E-state index contributed by atoms with van der Waals surface area (Å²) in [5.41, 5.74) is 1.46. The van der Waals surface area contributed by atoms with E-state index in [0.717, 1.165) is 5.56 Å². The molecule has 1 aliphatic heterocycles. The van der Waals surface area contributed by atoms with E-state index >= 15 is 0 Å². The Balaban J connectivity index is 2.29. The highest BCUT2D eigenvalue weighted by Crippen LogP contribution is 2.29. The molecule has 2 unspecified atom stereocenters. The van der Waals surface area contributed by atoms with Gasteiger partial charge in [0.25, 0.3) is 0 Å². The average Bonchev–Trinajstić information content (AvgIpc) is 2.71. The Kier molecular flexibility index (Phi) is 2.92. The van der Waals surface area contributed by atoms with Crippen LogP contribution < -0.4 is 5.32 Å². The Hall–Kier alpha value is -1.42. The minimum Gasteiger partial charge on any atom is -0.481 e. The zero-order chi connectivity index (χ0) is 11.7. The van der Waals surface area contributed by atoms with Gasteiger partial charge in [-0.05, 0) is 24.1 Å². The van der Waals surface area contributed by atoms with E-state index in [0.29, 0.717) is 18.7 Å². The van der Waals surface area contributed by atoms with Crippen molar-refractivity contribution in [1.29, 1.82) is 0 Å². The molecule has 1 saturated heterocycles. The van der Waals surface area contributed by atoms with Gasteiger partial charge in [-0.1, -0.05) is 12.1 Å². The minimum absolute atomic E-state index is 0.0585. The first-order valence-electron chi connectivity index (χ1n) is 5.29. The highest BCUT2D eigenvalue weighted by molar-refractivity contribution is 5.72. The predicted octanol–water partition coefficient (Wildman–Crippen LogP) is 1.52. The van der Waals surface area contributed by atoms with E-state index in [1.54, 1.807) is 19.1 Å². The van der Waals surface area contributed by atoms with Crippen molar-refractivity contribution in [3.8, 4) is 0 Å². The van der Waals surface area contributed by atoms with E-state index in [9.17, 15) is 9.18 Å². The first kappa shape index (κ1) is 11.1. The molecular weight excluding hydrogens is 209 g/mol. The van der Waals surface area contributed by atoms with Crippen LogP contribution in [0.25, 0.3) is 0 Å². The van der Waals surface area contributed by atoms with Crippen LogP contribution in [0.15, 0.2) is 18.2 Å². The summed E-state index contributed by atoms with van der Waals surface area (Å²) in [4.78, 5) is 11.0. The number of hydrogen-bond donors (Lipinski definition) is 2. The number of aryl methyl sites for hydroxylation is 1. The number of carbonyl (C=O) groups is 1. The second kappa shape index (κ2) is 4.22. The maximum absolute atomic E-state index is 13.1. The minimum atomic E-state index is -0.794. The van der Waals surface area contributed by atoms with Gasteiger partial charge in [0.1, 0.15) is 5.82 Å². The number of rotatable bonds is 2. The quantitative estimate of drug-likeness (QED) is 0.799. The smallest absolute Gasteiger partial charge is 0.308 e. The van der Waals surface area contributed by atoms with Gasteiger partial charge in [0.15, 0.2) is 0 Å². The molecule has 1 aromatic carbocycles. The fourth-order valence-corrected chi connectivity index (χ4v) is 2.19. The fourth-order valence-electron chi connectivity index (χ4n) is 2.19. The zero-order valence-corrected chi connectivity index (χ0v) is 9.03. The molecule has 0 bridgehead atoms. The van der Waals surface area contributed by atoms with Crippen molar-refractivity contribution in [3.63, 3.8) is 0 Å². The molecule has 0 amide bonds. The van der Waals surface area contributed by atoms with Crippen LogP contribution in [-0.4, -0.2) is 24.2 Å². The normalized spacial score (nSPS) is 24.6.